The smallest absolute Gasteiger partial charge is 0.451 e. The molecule has 112 valence electrons. The summed E-state index contributed by atoms with van der Waals surface area (Å²) in [5, 5.41) is 2.51. The van der Waals surface area contributed by atoms with Crippen LogP contribution in [0.1, 0.15) is 11.4 Å². The first kappa shape index (κ1) is 15.4. The Kier molecular flexibility index (Phi) is 4.52. The monoisotopic (exact) mass is 317 g/mol. The largest absolute Gasteiger partial charge is 0.497 e. The van der Waals surface area contributed by atoms with Crippen molar-refractivity contribution >= 4 is 17.4 Å². The van der Waals surface area contributed by atoms with Crippen LogP contribution in [-0.2, 0) is 12.7 Å². The number of methoxy groups -OCH3 is 1. The molecule has 0 spiro atoms. The van der Waals surface area contributed by atoms with Gasteiger partial charge in [-0.1, -0.05) is 23.7 Å². The van der Waals surface area contributed by atoms with Crippen LogP contribution in [-0.4, -0.2) is 17.1 Å². The van der Waals surface area contributed by atoms with E-state index in [1.54, 1.807) is 31.4 Å². The highest BCUT2D eigenvalue weighted by Crippen LogP contribution is 2.28. The molecule has 1 aromatic heterocycles. The second-order valence-electron chi connectivity index (χ2n) is 4.10. The first-order chi connectivity index (χ1) is 9.88. The number of ether oxygens (including phenoxy) is 1. The maximum atomic E-state index is 12.6. The molecule has 0 aliphatic heterocycles. The van der Waals surface area contributed by atoms with E-state index < -0.39 is 12.0 Å². The summed E-state index contributed by atoms with van der Waals surface area (Å²) in [6.45, 7) is 0.300. The molecule has 2 aromatic rings. The van der Waals surface area contributed by atoms with E-state index in [1.165, 1.54) is 6.07 Å². The van der Waals surface area contributed by atoms with Crippen LogP contribution in [0.5, 0.6) is 5.75 Å². The average molecular weight is 318 g/mol. The molecule has 0 radical (unpaired) electrons. The first-order valence-corrected chi connectivity index (χ1v) is 6.25. The van der Waals surface area contributed by atoms with E-state index >= 15 is 0 Å². The SMILES string of the molecule is COc1ccc(CNc2cc(Cl)nc(C(F)(F)F)n2)cc1. The number of nitrogens with zero attached hydrogens (tertiary/aromatic N) is 2. The van der Waals surface area contributed by atoms with Gasteiger partial charge in [0, 0.05) is 12.6 Å². The Labute approximate surface area is 123 Å². The molecule has 1 heterocycles. The summed E-state index contributed by atoms with van der Waals surface area (Å²) >= 11 is 5.57. The van der Waals surface area contributed by atoms with Crippen molar-refractivity contribution in [3.8, 4) is 5.75 Å². The van der Waals surface area contributed by atoms with E-state index in [0.29, 0.717) is 12.3 Å². The number of alkyl halides is 3. The van der Waals surface area contributed by atoms with Gasteiger partial charge >= 0.3 is 6.18 Å². The lowest BCUT2D eigenvalue weighted by Crippen LogP contribution is -2.13. The summed E-state index contributed by atoms with van der Waals surface area (Å²) < 4.78 is 42.7. The molecule has 8 heteroatoms. The lowest BCUT2D eigenvalue weighted by molar-refractivity contribution is -0.144. The lowest BCUT2D eigenvalue weighted by atomic mass is 10.2. The Bertz CT molecular complexity index is 617. The van der Waals surface area contributed by atoms with Gasteiger partial charge < -0.3 is 10.1 Å². The summed E-state index contributed by atoms with van der Waals surface area (Å²) in [6, 6.07) is 8.33. The Morgan fingerprint density at radius 3 is 2.43 bits per heavy atom. The highest BCUT2D eigenvalue weighted by molar-refractivity contribution is 6.29. The fraction of sp³-hybridized carbons (Fsp3) is 0.231. The number of benzene rings is 1. The summed E-state index contributed by atoms with van der Waals surface area (Å²) in [5.41, 5.74) is 0.860. The molecule has 0 atom stereocenters. The molecule has 4 nitrogen and oxygen atoms in total. The summed E-state index contributed by atoms with van der Waals surface area (Å²) in [5.74, 6) is -0.562. The third kappa shape index (κ3) is 4.22. The van der Waals surface area contributed by atoms with Crippen molar-refractivity contribution in [1.29, 1.82) is 0 Å². The minimum Gasteiger partial charge on any atom is -0.497 e. The van der Waals surface area contributed by atoms with E-state index in [1.807, 2.05) is 0 Å². The number of rotatable bonds is 4. The third-order valence-electron chi connectivity index (χ3n) is 2.58. The van der Waals surface area contributed by atoms with Crippen LogP contribution in [0.15, 0.2) is 30.3 Å². The molecule has 21 heavy (non-hydrogen) atoms. The fourth-order valence-corrected chi connectivity index (χ4v) is 1.75. The Balaban J connectivity index is 2.10. The quantitative estimate of drug-likeness (QED) is 0.872. The highest BCUT2D eigenvalue weighted by atomic mass is 35.5. The van der Waals surface area contributed by atoms with Gasteiger partial charge in [0.25, 0.3) is 0 Å². The van der Waals surface area contributed by atoms with E-state index in [9.17, 15) is 13.2 Å². The third-order valence-corrected chi connectivity index (χ3v) is 2.77. The molecular formula is C13H11ClF3N3O. The van der Waals surface area contributed by atoms with Gasteiger partial charge in [0.2, 0.25) is 5.82 Å². The molecule has 1 N–H and O–H groups in total. The number of nitrogens with one attached hydrogen (secondary N) is 1. The molecule has 0 fully saturated rings. The van der Waals surface area contributed by atoms with Crippen molar-refractivity contribution in [1.82, 2.24) is 9.97 Å². The van der Waals surface area contributed by atoms with Gasteiger partial charge in [0.15, 0.2) is 0 Å². The predicted octanol–water partition coefficient (Wildman–Crippen LogP) is 3.77. The second-order valence-corrected chi connectivity index (χ2v) is 4.49. The van der Waals surface area contributed by atoms with Crippen LogP contribution < -0.4 is 10.1 Å². The molecule has 0 unspecified atom stereocenters. The highest BCUT2D eigenvalue weighted by Gasteiger charge is 2.35. The van der Waals surface area contributed by atoms with E-state index in [-0.39, 0.29) is 11.0 Å². The summed E-state index contributed by atoms with van der Waals surface area (Å²) in [4.78, 5) is 6.55. The van der Waals surface area contributed by atoms with Gasteiger partial charge in [-0.25, -0.2) is 9.97 Å². The van der Waals surface area contributed by atoms with Crippen molar-refractivity contribution < 1.29 is 17.9 Å². The van der Waals surface area contributed by atoms with Crippen LogP contribution >= 0.6 is 11.6 Å². The maximum Gasteiger partial charge on any atom is 0.451 e. The normalized spacial score (nSPS) is 11.3. The molecule has 2 rings (SSSR count). The van der Waals surface area contributed by atoms with E-state index in [4.69, 9.17) is 16.3 Å². The van der Waals surface area contributed by atoms with E-state index in [0.717, 1.165) is 5.56 Å². The molecule has 0 aliphatic carbocycles. The molecule has 1 aromatic carbocycles. The standard InChI is InChI=1S/C13H11ClF3N3O/c1-21-9-4-2-8(3-5-9)7-18-11-6-10(14)19-12(20-11)13(15,16)17/h2-6H,7H2,1H3,(H,18,19,20). The molecule has 0 saturated carbocycles. The molecule has 0 amide bonds. The van der Waals surface area contributed by atoms with Crippen LogP contribution in [0.2, 0.25) is 5.15 Å². The average Bonchev–Trinajstić information content (AvgIpc) is 2.44. The zero-order valence-electron chi connectivity index (χ0n) is 10.9. The topological polar surface area (TPSA) is 47.0 Å². The Hall–Kier alpha value is -2.02. The summed E-state index contributed by atoms with van der Waals surface area (Å²) in [7, 11) is 1.55. The number of anilines is 1. The maximum absolute atomic E-state index is 12.6. The van der Waals surface area contributed by atoms with Crippen LogP contribution in [0.25, 0.3) is 0 Å². The molecular weight excluding hydrogens is 307 g/mol. The minimum atomic E-state index is -4.64. The van der Waals surface area contributed by atoms with E-state index in [2.05, 4.69) is 15.3 Å². The van der Waals surface area contributed by atoms with Crippen molar-refractivity contribution in [2.45, 2.75) is 12.7 Å². The summed E-state index contributed by atoms with van der Waals surface area (Å²) in [6.07, 6.45) is -4.64. The van der Waals surface area contributed by atoms with Gasteiger partial charge in [-0.3, -0.25) is 0 Å². The number of aromatic nitrogens is 2. The molecule has 0 bridgehead atoms. The van der Waals surface area contributed by atoms with Gasteiger partial charge in [0.05, 0.1) is 7.11 Å². The van der Waals surface area contributed by atoms with Crippen molar-refractivity contribution in [3.63, 3.8) is 0 Å². The lowest BCUT2D eigenvalue weighted by Gasteiger charge is -2.10. The minimum absolute atomic E-state index is 0.0122. The fourth-order valence-electron chi connectivity index (χ4n) is 1.57. The Morgan fingerprint density at radius 2 is 1.86 bits per heavy atom. The van der Waals surface area contributed by atoms with Gasteiger partial charge in [0.1, 0.15) is 16.7 Å². The van der Waals surface area contributed by atoms with Gasteiger partial charge in [-0.15, -0.1) is 0 Å². The van der Waals surface area contributed by atoms with Gasteiger partial charge in [-0.2, -0.15) is 13.2 Å². The van der Waals surface area contributed by atoms with Crippen LogP contribution in [0, 0.1) is 0 Å². The zero-order chi connectivity index (χ0) is 15.5. The number of halogens is 4. The van der Waals surface area contributed by atoms with Crippen molar-refractivity contribution in [2.75, 3.05) is 12.4 Å². The molecule has 0 aliphatic rings. The first-order valence-electron chi connectivity index (χ1n) is 5.87. The van der Waals surface area contributed by atoms with Crippen LogP contribution in [0.3, 0.4) is 0 Å². The number of hydrogen-bond acceptors (Lipinski definition) is 4. The Morgan fingerprint density at radius 1 is 1.19 bits per heavy atom. The van der Waals surface area contributed by atoms with Crippen molar-refractivity contribution in [3.05, 3.63) is 46.9 Å². The number of hydrogen-bond donors (Lipinski definition) is 1. The second kappa shape index (κ2) is 6.17. The predicted molar refractivity (Wildman–Crippen MR) is 72.4 cm³/mol. The molecule has 0 saturated heterocycles. The zero-order valence-corrected chi connectivity index (χ0v) is 11.7. The van der Waals surface area contributed by atoms with Gasteiger partial charge in [-0.05, 0) is 17.7 Å². The van der Waals surface area contributed by atoms with Crippen LogP contribution in [0.4, 0.5) is 19.0 Å². The van der Waals surface area contributed by atoms with Crippen molar-refractivity contribution in [2.24, 2.45) is 0 Å².